The van der Waals surface area contributed by atoms with Crippen LogP contribution < -0.4 is 5.32 Å². The van der Waals surface area contributed by atoms with Crippen LogP contribution in [-0.4, -0.2) is 16.7 Å². The van der Waals surface area contributed by atoms with E-state index in [1.54, 1.807) is 0 Å². The molecule has 0 bridgehead atoms. The standard InChI is InChI=1S/C15H25N3/c1-4-9-16-15(8-7-13-5-6-13)14-10-11(2)17-18-12(14)3/h10,13,15-16H,4-9H2,1-3H3. The average Bonchev–Trinajstić information content (AvgIpc) is 3.17. The number of aromatic nitrogens is 2. The Bertz CT molecular complexity index is 385. The van der Waals surface area contributed by atoms with Crippen LogP contribution in [0, 0.1) is 19.8 Å². The number of rotatable bonds is 7. The van der Waals surface area contributed by atoms with Crippen molar-refractivity contribution >= 4 is 0 Å². The Morgan fingerprint density at radius 2 is 2.11 bits per heavy atom. The highest BCUT2D eigenvalue weighted by Gasteiger charge is 2.23. The summed E-state index contributed by atoms with van der Waals surface area (Å²) in [7, 11) is 0. The van der Waals surface area contributed by atoms with Gasteiger partial charge in [-0.1, -0.05) is 19.8 Å². The Morgan fingerprint density at radius 1 is 1.33 bits per heavy atom. The first kappa shape index (κ1) is 13.5. The van der Waals surface area contributed by atoms with Crippen LogP contribution in [0.25, 0.3) is 0 Å². The van der Waals surface area contributed by atoms with E-state index in [-0.39, 0.29) is 0 Å². The van der Waals surface area contributed by atoms with Crippen LogP contribution >= 0.6 is 0 Å². The number of nitrogens with one attached hydrogen (secondary N) is 1. The maximum Gasteiger partial charge on any atom is 0.0648 e. The van der Waals surface area contributed by atoms with Crippen molar-refractivity contribution in [3.05, 3.63) is 23.0 Å². The monoisotopic (exact) mass is 247 g/mol. The van der Waals surface area contributed by atoms with Crippen molar-refractivity contribution in [2.45, 2.75) is 58.9 Å². The van der Waals surface area contributed by atoms with E-state index < -0.39 is 0 Å². The van der Waals surface area contributed by atoms with E-state index >= 15 is 0 Å². The summed E-state index contributed by atoms with van der Waals surface area (Å²) in [5.41, 5.74) is 3.44. The van der Waals surface area contributed by atoms with Gasteiger partial charge in [0.15, 0.2) is 0 Å². The summed E-state index contributed by atoms with van der Waals surface area (Å²) in [6.07, 6.45) is 6.63. The van der Waals surface area contributed by atoms with Gasteiger partial charge in [0.05, 0.1) is 11.4 Å². The Morgan fingerprint density at radius 3 is 2.78 bits per heavy atom. The van der Waals surface area contributed by atoms with Crippen molar-refractivity contribution in [1.29, 1.82) is 0 Å². The molecule has 2 rings (SSSR count). The van der Waals surface area contributed by atoms with Gasteiger partial charge in [-0.25, -0.2) is 0 Å². The molecule has 0 saturated heterocycles. The molecule has 0 amide bonds. The van der Waals surface area contributed by atoms with Crippen molar-refractivity contribution in [1.82, 2.24) is 15.5 Å². The number of aryl methyl sites for hydroxylation is 2. The first-order chi connectivity index (χ1) is 8.70. The van der Waals surface area contributed by atoms with Gasteiger partial charge in [0, 0.05) is 6.04 Å². The molecule has 0 radical (unpaired) electrons. The minimum absolute atomic E-state index is 0.458. The van der Waals surface area contributed by atoms with Gasteiger partial charge in [-0.05, 0) is 57.2 Å². The fourth-order valence-corrected chi connectivity index (χ4v) is 2.42. The Balaban J connectivity index is 2.06. The molecule has 100 valence electrons. The maximum atomic E-state index is 4.26. The minimum atomic E-state index is 0.458. The molecule has 1 saturated carbocycles. The molecule has 0 aromatic carbocycles. The summed E-state index contributed by atoms with van der Waals surface area (Å²) in [4.78, 5) is 0. The van der Waals surface area contributed by atoms with E-state index in [1.165, 1.54) is 37.7 Å². The molecule has 1 heterocycles. The van der Waals surface area contributed by atoms with Gasteiger partial charge >= 0.3 is 0 Å². The predicted octanol–water partition coefficient (Wildman–Crippen LogP) is 3.32. The van der Waals surface area contributed by atoms with Crippen LogP contribution in [0.3, 0.4) is 0 Å². The van der Waals surface area contributed by atoms with Crippen molar-refractivity contribution < 1.29 is 0 Å². The quantitative estimate of drug-likeness (QED) is 0.803. The third-order valence-corrected chi connectivity index (χ3v) is 3.72. The molecule has 18 heavy (non-hydrogen) atoms. The summed E-state index contributed by atoms with van der Waals surface area (Å²) >= 11 is 0. The fraction of sp³-hybridized carbons (Fsp3) is 0.733. The van der Waals surface area contributed by atoms with Crippen molar-refractivity contribution in [2.75, 3.05) is 6.54 Å². The van der Waals surface area contributed by atoms with Gasteiger partial charge in [-0.3, -0.25) is 0 Å². The number of hydrogen-bond donors (Lipinski definition) is 1. The summed E-state index contributed by atoms with van der Waals surface area (Å²) in [6.45, 7) is 7.39. The molecule has 1 aromatic heterocycles. The molecule has 1 aliphatic carbocycles. The Labute approximate surface area is 110 Å². The predicted molar refractivity (Wildman–Crippen MR) is 74.5 cm³/mol. The van der Waals surface area contributed by atoms with E-state index in [1.807, 2.05) is 6.92 Å². The smallest absolute Gasteiger partial charge is 0.0648 e. The second-order valence-corrected chi connectivity index (χ2v) is 5.55. The Kier molecular flexibility index (Phi) is 4.70. The van der Waals surface area contributed by atoms with Crippen LogP contribution in [0.15, 0.2) is 6.07 Å². The Hall–Kier alpha value is -0.960. The molecule has 0 aliphatic heterocycles. The van der Waals surface area contributed by atoms with Crippen LogP contribution in [0.1, 0.15) is 62.0 Å². The van der Waals surface area contributed by atoms with Gasteiger partial charge in [-0.15, -0.1) is 0 Å². The van der Waals surface area contributed by atoms with Gasteiger partial charge in [0.2, 0.25) is 0 Å². The number of hydrogen-bond acceptors (Lipinski definition) is 3. The van der Waals surface area contributed by atoms with E-state index in [9.17, 15) is 0 Å². The van der Waals surface area contributed by atoms with Crippen LogP contribution in [-0.2, 0) is 0 Å². The summed E-state index contributed by atoms with van der Waals surface area (Å²) < 4.78 is 0. The minimum Gasteiger partial charge on any atom is -0.310 e. The lowest BCUT2D eigenvalue weighted by atomic mass is 9.99. The highest BCUT2D eigenvalue weighted by molar-refractivity contribution is 5.23. The summed E-state index contributed by atoms with van der Waals surface area (Å²) in [5.74, 6) is 0.993. The molecule has 0 spiro atoms. The van der Waals surface area contributed by atoms with Crippen LogP contribution in [0.4, 0.5) is 0 Å². The maximum absolute atomic E-state index is 4.26. The molecule has 1 aliphatic rings. The van der Waals surface area contributed by atoms with E-state index in [0.717, 1.165) is 23.9 Å². The van der Waals surface area contributed by atoms with E-state index in [2.05, 4.69) is 35.4 Å². The molecule has 1 N–H and O–H groups in total. The molecular weight excluding hydrogens is 222 g/mol. The highest BCUT2D eigenvalue weighted by Crippen LogP contribution is 2.36. The lowest BCUT2D eigenvalue weighted by Gasteiger charge is -2.20. The molecule has 1 unspecified atom stereocenters. The van der Waals surface area contributed by atoms with Crippen molar-refractivity contribution in [3.8, 4) is 0 Å². The summed E-state index contributed by atoms with van der Waals surface area (Å²) in [6, 6.07) is 2.66. The van der Waals surface area contributed by atoms with Gasteiger partial charge in [0.25, 0.3) is 0 Å². The van der Waals surface area contributed by atoms with Gasteiger partial charge in [-0.2, -0.15) is 10.2 Å². The summed E-state index contributed by atoms with van der Waals surface area (Å²) in [5, 5.41) is 12.1. The number of nitrogens with zero attached hydrogens (tertiary/aromatic N) is 2. The molecule has 3 heteroatoms. The zero-order chi connectivity index (χ0) is 13.0. The lowest BCUT2D eigenvalue weighted by molar-refractivity contribution is 0.465. The molecular formula is C15H25N3. The fourth-order valence-electron chi connectivity index (χ4n) is 2.42. The zero-order valence-electron chi connectivity index (χ0n) is 11.9. The average molecular weight is 247 g/mol. The third-order valence-electron chi connectivity index (χ3n) is 3.72. The second kappa shape index (κ2) is 6.28. The zero-order valence-corrected chi connectivity index (χ0v) is 11.9. The van der Waals surface area contributed by atoms with Gasteiger partial charge < -0.3 is 5.32 Å². The molecule has 1 fully saturated rings. The normalized spacial score (nSPS) is 16.8. The van der Waals surface area contributed by atoms with Crippen molar-refractivity contribution in [3.63, 3.8) is 0 Å². The van der Waals surface area contributed by atoms with Gasteiger partial charge in [0.1, 0.15) is 0 Å². The first-order valence-corrected chi connectivity index (χ1v) is 7.25. The van der Waals surface area contributed by atoms with Crippen LogP contribution in [0.5, 0.6) is 0 Å². The highest BCUT2D eigenvalue weighted by atomic mass is 15.1. The van der Waals surface area contributed by atoms with Crippen LogP contribution in [0.2, 0.25) is 0 Å². The topological polar surface area (TPSA) is 37.8 Å². The van der Waals surface area contributed by atoms with E-state index in [4.69, 9.17) is 0 Å². The molecule has 3 nitrogen and oxygen atoms in total. The largest absolute Gasteiger partial charge is 0.310 e. The lowest BCUT2D eigenvalue weighted by Crippen LogP contribution is -2.23. The van der Waals surface area contributed by atoms with E-state index in [0.29, 0.717) is 6.04 Å². The van der Waals surface area contributed by atoms with Crippen molar-refractivity contribution in [2.24, 2.45) is 5.92 Å². The molecule has 1 atom stereocenters. The molecule has 1 aromatic rings. The SMILES string of the molecule is CCCNC(CCC1CC1)c1cc(C)nnc1C. The second-order valence-electron chi connectivity index (χ2n) is 5.55. The first-order valence-electron chi connectivity index (χ1n) is 7.25. The third kappa shape index (κ3) is 3.77.